The molecule has 0 saturated heterocycles. The molecule has 4 nitrogen and oxygen atoms in total. The van der Waals surface area contributed by atoms with Crippen molar-refractivity contribution in [1.82, 2.24) is 0 Å². The minimum Gasteiger partial charge on any atom is -0.392 e. The number of sulfonamides is 1. The SMILES string of the molecule is CCC(C(N)=S)S(=O)(=O)Nc1cccc(C)c1F. The third kappa shape index (κ3) is 3.17. The Balaban J connectivity index is 3.10. The van der Waals surface area contributed by atoms with Crippen LogP contribution < -0.4 is 10.5 Å². The lowest BCUT2D eigenvalue weighted by molar-refractivity contribution is 0.591. The number of hydrogen-bond acceptors (Lipinski definition) is 3. The number of nitrogens with two attached hydrogens (primary N) is 1. The molecule has 0 saturated carbocycles. The molecular weight excluding hydrogens is 275 g/mol. The summed E-state index contributed by atoms with van der Waals surface area (Å²) >= 11 is 4.70. The molecule has 0 aliphatic rings. The zero-order valence-corrected chi connectivity index (χ0v) is 11.7. The Morgan fingerprint density at radius 1 is 1.56 bits per heavy atom. The number of hydrogen-bond donors (Lipinski definition) is 2. The van der Waals surface area contributed by atoms with Gasteiger partial charge in [0.25, 0.3) is 0 Å². The molecule has 0 spiro atoms. The summed E-state index contributed by atoms with van der Waals surface area (Å²) in [4.78, 5) is -0.127. The van der Waals surface area contributed by atoms with Crippen LogP contribution in [-0.2, 0) is 10.0 Å². The predicted octanol–water partition coefficient (Wildman–Crippen LogP) is 1.94. The van der Waals surface area contributed by atoms with Crippen LogP contribution in [0.2, 0.25) is 0 Å². The normalized spacial score (nSPS) is 13.1. The van der Waals surface area contributed by atoms with Gasteiger partial charge in [-0.25, -0.2) is 12.8 Å². The summed E-state index contributed by atoms with van der Waals surface area (Å²) in [6.45, 7) is 3.20. The van der Waals surface area contributed by atoms with Gasteiger partial charge >= 0.3 is 0 Å². The minimum absolute atomic E-state index is 0.0929. The highest BCUT2D eigenvalue weighted by Gasteiger charge is 2.27. The van der Waals surface area contributed by atoms with Crippen LogP contribution in [0.15, 0.2) is 18.2 Å². The van der Waals surface area contributed by atoms with Gasteiger partial charge in [0, 0.05) is 0 Å². The van der Waals surface area contributed by atoms with Crippen molar-refractivity contribution in [2.45, 2.75) is 25.5 Å². The van der Waals surface area contributed by atoms with E-state index in [4.69, 9.17) is 18.0 Å². The van der Waals surface area contributed by atoms with E-state index < -0.39 is 21.1 Å². The lowest BCUT2D eigenvalue weighted by atomic mass is 10.2. The molecule has 0 radical (unpaired) electrons. The van der Waals surface area contributed by atoms with Crippen molar-refractivity contribution in [2.75, 3.05) is 4.72 Å². The van der Waals surface area contributed by atoms with E-state index in [1.165, 1.54) is 6.07 Å². The fourth-order valence-corrected chi connectivity index (χ4v) is 3.42. The highest BCUT2D eigenvalue weighted by Crippen LogP contribution is 2.20. The molecule has 0 aromatic heterocycles. The predicted molar refractivity (Wildman–Crippen MR) is 74.5 cm³/mol. The van der Waals surface area contributed by atoms with Crippen molar-refractivity contribution in [3.05, 3.63) is 29.6 Å². The molecule has 0 bridgehead atoms. The van der Waals surface area contributed by atoms with Gasteiger partial charge in [-0.3, -0.25) is 4.72 Å². The fraction of sp³-hybridized carbons (Fsp3) is 0.364. The molecule has 0 aliphatic heterocycles. The van der Waals surface area contributed by atoms with Crippen molar-refractivity contribution < 1.29 is 12.8 Å². The van der Waals surface area contributed by atoms with E-state index in [-0.39, 0.29) is 17.1 Å². The summed E-state index contributed by atoms with van der Waals surface area (Å²) in [5.41, 5.74) is 5.64. The molecule has 100 valence electrons. The third-order valence-corrected chi connectivity index (χ3v) is 4.78. The Morgan fingerprint density at radius 3 is 2.67 bits per heavy atom. The molecule has 7 heteroatoms. The van der Waals surface area contributed by atoms with Crippen LogP contribution in [0.5, 0.6) is 0 Å². The first-order valence-electron chi connectivity index (χ1n) is 5.35. The summed E-state index contributed by atoms with van der Waals surface area (Å²) in [5, 5.41) is -1.01. The van der Waals surface area contributed by atoms with Gasteiger partial charge in [0.1, 0.15) is 11.1 Å². The van der Waals surface area contributed by atoms with Gasteiger partial charge in [-0.05, 0) is 25.0 Å². The number of benzene rings is 1. The number of thiocarbonyl (C=S) groups is 1. The molecule has 0 fully saturated rings. The number of aryl methyl sites for hydroxylation is 1. The Labute approximate surface area is 111 Å². The first-order valence-corrected chi connectivity index (χ1v) is 7.31. The Morgan fingerprint density at radius 2 is 2.17 bits per heavy atom. The van der Waals surface area contributed by atoms with Crippen LogP contribution in [0.3, 0.4) is 0 Å². The smallest absolute Gasteiger partial charge is 0.242 e. The maximum Gasteiger partial charge on any atom is 0.242 e. The van der Waals surface area contributed by atoms with Crippen molar-refractivity contribution in [3.63, 3.8) is 0 Å². The second-order valence-electron chi connectivity index (χ2n) is 3.88. The van der Waals surface area contributed by atoms with E-state index in [2.05, 4.69) is 4.72 Å². The van der Waals surface area contributed by atoms with Crippen molar-refractivity contribution in [1.29, 1.82) is 0 Å². The quantitative estimate of drug-likeness (QED) is 0.813. The second-order valence-corrected chi connectivity index (χ2v) is 6.22. The first-order chi connectivity index (χ1) is 8.29. The van der Waals surface area contributed by atoms with Crippen LogP contribution in [0, 0.1) is 12.7 Å². The topological polar surface area (TPSA) is 72.2 Å². The number of rotatable bonds is 5. The molecule has 0 amide bonds. The van der Waals surface area contributed by atoms with Gasteiger partial charge in [0.15, 0.2) is 0 Å². The molecule has 1 aromatic carbocycles. The number of halogens is 1. The molecule has 1 atom stereocenters. The highest BCUT2D eigenvalue weighted by atomic mass is 32.2. The van der Waals surface area contributed by atoms with E-state index in [0.717, 1.165) is 0 Å². The number of anilines is 1. The zero-order chi connectivity index (χ0) is 13.9. The van der Waals surface area contributed by atoms with Gasteiger partial charge in [-0.15, -0.1) is 0 Å². The highest BCUT2D eigenvalue weighted by molar-refractivity contribution is 7.95. The van der Waals surface area contributed by atoms with Gasteiger partial charge in [0.2, 0.25) is 10.0 Å². The van der Waals surface area contributed by atoms with Crippen LogP contribution in [0.1, 0.15) is 18.9 Å². The Bertz CT molecular complexity index is 558. The van der Waals surface area contributed by atoms with Crippen LogP contribution in [-0.4, -0.2) is 18.7 Å². The van der Waals surface area contributed by atoms with Crippen LogP contribution >= 0.6 is 12.2 Å². The summed E-state index contributed by atoms with van der Waals surface area (Å²) in [6.07, 6.45) is 0.234. The van der Waals surface area contributed by atoms with Crippen molar-refractivity contribution in [3.8, 4) is 0 Å². The first kappa shape index (κ1) is 14.8. The molecular formula is C11H15FN2O2S2. The average molecular weight is 290 g/mol. The Kier molecular flexibility index (Phi) is 4.64. The molecule has 1 unspecified atom stereocenters. The van der Waals surface area contributed by atoms with E-state index >= 15 is 0 Å². The maximum absolute atomic E-state index is 13.7. The van der Waals surface area contributed by atoms with Crippen LogP contribution in [0.4, 0.5) is 10.1 Å². The molecule has 1 rings (SSSR count). The maximum atomic E-state index is 13.7. The van der Waals surface area contributed by atoms with Gasteiger partial charge in [0.05, 0.1) is 10.7 Å². The molecule has 0 aliphatic carbocycles. The molecule has 3 N–H and O–H groups in total. The standard InChI is InChI=1S/C11H15FN2O2S2/c1-3-9(11(13)17)18(15,16)14-8-6-4-5-7(2)10(8)12/h4-6,9,14H,3H2,1-2H3,(H2,13,17). The second kappa shape index (κ2) is 5.62. The lowest BCUT2D eigenvalue weighted by Crippen LogP contribution is -2.37. The van der Waals surface area contributed by atoms with E-state index in [1.807, 2.05) is 0 Å². The third-order valence-electron chi connectivity index (χ3n) is 2.51. The van der Waals surface area contributed by atoms with E-state index in [9.17, 15) is 12.8 Å². The molecule has 0 heterocycles. The summed E-state index contributed by atoms with van der Waals surface area (Å²) in [5.74, 6) is -0.598. The molecule has 18 heavy (non-hydrogen) atoms. The lowest BCUT2D eigenvalue weighted by Gasteiger charge is -2.16. The Hall–Kier alpha value is -1.21. The van der Waals surface area contributed by atoms with E-state index in [1.54, 1.807) is 26.0 Å². The van der Waals surface area contributed by atoms with E-state index in [0.29, 0.717) is 5.56 Å². The van der Waals surface area contributed by atoms with Gasteiger partial charge in [-0.1, -0.05) is 31.3 Å². The van der Waals surface area contributed by atoms with Crippen LogP contribution in [0.25, 0.3) is 0 Å². The molecule has 1 aromatic rings. The summed E-state index contributed by atoms with van der Waals surface area (Å²) in [6, 6.07) is 4.47. The van der Waals surface area contributed by atoms with Gasteiger partial charge in [-0.2, -0.15) is 0 Å². The van der Waals surface area contributed by atoms with Gasteiger partial charge < -0.3 is 5.73 Å². The average Bonchev–Trinajstić information content (AvgIpc) is 2.24. The summed E-state index contributed by atoms with van der Waals surface area (Å²) in [7, 11) is -3.82. The largest absolute Gasteiger partial charge is 0.392 e. The van der Waals surface area contributed by atoms with Crippen molar-refractivity contribution in [2.24, 2.45) is 5.73 Å². The summed E-state index contributed by atoms with van der Waals surface area (Å²) < 4.78 is 39.9. The minimum atomic E-state index is -3.82. The monoisotopic (exact) mass is 290 g/mol. The van der Waals surface area contributed by atoms with Crippen molar-refractivity contribution >= 4 is 32.9 Å². The zero-order valence-electron chi connectivity index (χ0n) is 10.1. The fourth-order valence-electron chi connectivity index (χ4n) is 1.52. The number of nitrogens with one attached hydrogen (secondary N) is 1.